The van der Waals surface area contributed by atoms with Crippen molar-refractivity contribution in [3.63, 3.8) is 0 Å². The number of halogens is 1. The van der Waals surface area contributed by atoms with E-state index in [1.54, 1.807) is 41.0 Å². The van der Waals surface area contributed by atoms with Gasteiger partial charge in [-0.2, -0.15) is 0 Å². The second-order valence-electron chi connectivity index (χ2n) is 6.28. The molecule has 0 aliphatic rings. The number of benzene rings is 2. The van der Waals surface area contributed by atoms with Crippen molar-refractivity contribution in [2.45, 2.75) is 6.54 Å². The lowest BCUT2D eigenvalue weighted by molar-refractivity contribution is -0.384. The number of nitrogens with one attached hydrogen (secondary N) is 1. The summed E-state index contributed by atoms with van der Waals surface area (Å²) in [6.45, 7) is -0.125. The number of pyridine rings is 2. The van der Waals surface area contributed by atoms with Crippen molar-refractivity contribution in [1.29, 1.82) is 0 Å². The molecular weight excluding hydrogens is 396 g/mol. The molecule has 0 unspecified atom stereocenters. The molecule has 8 nitrogen and oxygen atoms in total. The molecule has 1 N–H and O–H groups in total. The molecule has 2 aromatic carbocycles. The van der Waals surface area contributed by atoms with Crippen molar-refractivity contribution in [2.24, 2.45) is 0 Å². The van der Waals surface area contributed by atoms with Crippen molar-refractivity contribution < 1.29 is 9.72 Å². The van der Waals surface area contributed by atoms with Gasteiger partial charge in [0.25, 0.3) is 5.69 Å². The predicted octanol–water partition coefficient (Wildman–Crippen LogP) is 3.75. The molecule has 0 bridgehead atoms. The number of fused-ring (bicyclic) bond motifs is 2. The van der Waals surface area contributed by atoms with Crippen molar-refractivity contribution in [1.82, 2.24) is 9.55 Å². The van der Waals surface area contributed by atoms with Gasteiger partial charge in [-0.15, -0.1) is 0 Å². The van der Waals surface area contributed by atoms with E-state index < -0.39 is 4.92 Å². The molecule has 0 saturated heterocycles. The molecule has 2 heterocycles. The van der Waals surface area contributed by atoms with E-state index in [1.807, 2.05) is 0 Å². The summed E-state index contributed by atoms with van der Waals surface area (Å²) in [6.07, 6.45) is 1.51. The van der Waals surface area contributed by atoms with Crippen molar-refractivity contribution in [2.75, 3.05) is 5.32 Å². The summed E-state index contributed by atoms with van der Waals surface area (Å²) in [6, 6.07) is 14.1. The number of rotatable bonds is 4. The Hall–Kier alpha value is -3.78. The number of nitrogens with zero attached hydrogens (tertiary/aromatic N) is 3. The highest BCUT2D eigenvalue weighted by Crippen LogP contribution is 2.24. The lowest BCUT2D eigenvalue weighted by atomic mass is 10.1. The molecule has 4 rings (SSSR count). The Morgan fingerprint density at radius 3 is 2.62 bits per heavy atom. The van der Waals surface area contributed by atoms with Crippen LogP contribution in [-0.4, -0.2) is 20.4 Å². The average molecular weight is 409 g/mol. The van der Waals surface area contributed by atoms with E-state index in [4.69, 9.17) is 11.6 Å². The molecule has 9 heteroatoms. The largest absolute Gasteiger partial charge is 0.331 e. The zero-order valence-corrected chi connectivity index (χ0v) is 15.6. The van der Waals surface area contributed by atoms with Gasteiger partial charge in [0.05, 0.1) is 27.0 Å². The summed E-state index contributed by atoms with van der Waals surface area (Å²) in [4.78, 5) is 40.0. The first-order valence-corrected chi connectivity index (χ1v) is 8.93. The SMILES string of the molecule is O=C(Cn1c2ccccc2c(=O)c2cc([N+](=O)[O-])ccc21)Nc1cccnc1Cl. The molecule has 144 valence electrons. The van der Waals surface area contributed by atoms with Crippen LogP contribution in [0.15, 0.2) is 65.6 Å². The number of anilines is 1. The van der Waals surface area contributed by atoms with Crippen LogP contribution in [0.1, 0.15) is 0 Å². The molecule has 0 atom stereocenters. The normalized spacial score (nSPS) is 10.9. The van der Waals surface area contributed by atoms with Gasteiger partial charge in [-0.1, -0.05) is 23.7 Å². The molecule has 0 fully saturated rings. The van der Waals surface area contributed by atoms with Gasteiger partial charge in [0.1, 0.15) is 6.54 Å². The van der Waals surface area contributed by atoms with Gasteiger partial charge in [-0.3, -0.25) is 19.7 Å². The highest BCUT2D eigenvalue weighted by atomic mass is 35.5. The molecule has 0 spiro atoms. The summed E-state index contributed by atoms with van der Waals surface area (Å²) >= 11 is 5.99. The van der Waals surface area contributed by atoms with Crippen LogP contribution in [0.4, 0.5) is 11.4 Å². The van der Waals surface area contributed by atoms with Crippen LogP contribution < -0.4 is 10.7 Å². The van der Waals surface area contributed by atoms with Gasteiger partial charge in [0.2, 0.25) is 5.91 Å². The van der Waals surface area contributed by atoms with Crippen LogP contribution in [0.25, 0.3) is 21.8 Å². The zero-order chi connectivity index (χ0) is 20.5. The highest BCUT2D eigenvalue weighted by molar-refractivity contribution is 6.32. The van der Waals surface area contributed by atoms with Gasteiger partial charge >= 0.3 is 0 Å². The first-order valence-electron chi connectivity index (χ1n) is 8.56. The van der Waals surface area contributed by atoms with Crippen LogP contribution >= 0.6 is 11.6 Å². The van der Waals surface area contributed by atoms with E-state index >= 15 is 0 Å². The van der Waals surface area contributed by atoms with Crippen molar-refractivity contribution in [3.8, 4) is 0 Å². The van der Waals surface area contributed by atoms with Crippen LogP contribution in [0.5, 0.6) is 0 Å². The molecule has 0 saturated carbocycles. The fraction of sp³-hybridized carbons (Fsp3) is 0.0500. The first kappa shape index (κ1) is 18.6. The van der Waals surface area contributed by atoms with Gasteiger partial charge in [0, 0.05) is 23.7 Å². The quantitative estimate of drug-likeness (QED) is 0.239. The third-order valence-corrected chi connectivity index (χ3v) is 4.80. The van der Waals surface area contributed by atoms with Gasteiger partial charge in [-0.05, 0) is 30.3 Å². The van der Waals surface area contributed by atoms with E-state index in [-0.39, 0.29) is 34.1 Å². The molecule has 4 aromatic rings. The molecular formula is C20H13ClN4O4. The molecule has 29 heavy (non-hydrogen) atoms. The zero-order valence-electron chi connectivity index (χ0n) is 14.8. The van der Waals surface area contributed by atoms with E-state index in [9.17, 15) is 19.7 Å². The van der Waals surface area contributed by atoms with Crippen molar-refractivity contribution in [3.05, 3.63) is 86.3 Å². The topological polar surface area (TPSA) is 107 Å². The minimum atomic E-state index is -0.560. The Balaban J connectivity index is 1.86. The second kappa shape index (κ2) is 7.33. The molecule has 0 radical (unpaired) electrons. The van der Waals surface area contributed by atoms with Gasteiger partial charge in [0.15, 0.2) is 10.6 Å². The maximum Gasteiger partial charge on any atom is 0.270 e. The third kappa shape index (κ3) is 3.41. The number of hydrogen-bond donors (Lipinski definition) is 1. The Morgan fingerprint density at radius 1 is 1.10 bits per heavy atom. The monoisotopic (exact) mass is 408 g/mol. The number of hydrogen-bond acceptors (Lipinski definition) is 5. The van der Waals surface area contributed by atoms with Crippen LogP contribution in [0.3, 0.4) is 0 Å². The van der Waals surface area contributed by atoms with E-state index in [0.29, 0.717) is 22.1 Å². The summed E-state index contributed by atoms with van der Waals surface area (Å²) in [5, 5.41) is 14.5. The summed E-state index contributed by atoms with van der Waals surface area (Å²) in [7, 11) is 0. The summed E-state index contributed by atoms with van der Waals surface area (Å²) in [5.41, 5.74) is 0.816. The van der Waals surface area contributed by atoms with Crippen LogP contribution in [0.2, 0.25) is 5.15 Å². The Kier molecular flexibility index (Phi) is 4.69. The molecule has 0 aliphatic heterocycles. The number of carbonyl (C=O) groups excluding carboxylic acids is 1. The fourth-order valence-electron chi connectivity index (χ4n) is 3.21. The number of amides is 1. The van der Waals surface area contributed by atoms with Crippen LogP contribution in [0, 0.1) is 10.1 Å². The van der Waals surface area contributed by atoms with Gasteiger partial charge < -0.3 is 9.88 Å². The van der Waals surface area contributed by atoms with E-state index in [0.717, 1.165) is 0 Å². The first-order chi connectivity index (χ1) is 14.0. The minimum absolute atomic E-state index is 0.125. The molecule has 2 aromatic heterocycles. The number of carbonyl (C=O) groups is 1. The lowest BCUT2D eigenvalue weighted by Crippen LogP contribution is -2.21. The smallest absolute Gasteiger partial charge is 0.270 e. The Bertz CT molecular complexity index is 1350. The summed E-state index contributed by atoms with van der Waals surface area (Å²) < 4.78 is 1.65. The summed E-state index contributed by atoms with van der Waals surface area (Å²) in [5.74, 6) is -0.381. The maximum atomic E-state index is 12.9. The van der Waals surface area contributed by atoms with Crippen molar-refractivity contribution >= 4 is 50.7 Å². The number of aromatic nitrogens is 2. The molecule has 1 amide bonds. The maximum absolute atomic E-state index is 12.9. The molecule has 0 aliphatic carbocycles. The standard InChI is InChI=1S/C20H13ClN4O4/c21-20-15(5-3-9-22-20)23-18(26)11-24-16-6-2-1-4-13(16)19(27)14-10-12(25(28)29)7-8-17(14)24/h1-10H,11H2,(H,23,26). The Morgan fingerprint density at radius 2 is 1.86 bits per heavy atom. The van der Waals surface area contributed by atoms with E-state index in [2.05, 4.69) is 10.3 Å². The van der Waals surface area contributed by atoms with Gasteiger partial charge in [-0.25, -0.2) is 4.98 Å². The Labute approximate surface area is 168 Å². The minimum Gasteiger partial charge on any atom is -0.331 e. The lowest BCUT2D eigenvalue weighted by Gasteiger charge is -2.15. The number of non-ortho nitro benzene ring substituents is 1. The number of para-hydroxylation sites is 1. The highest BCUT2D eigenvalue weighted by Gasteiger charge is 2.16. The van der Waals surface area contributed by atoms with Crippen LogP contribution in [-0.2, 0) is 11.3 Å². The average Bonchev–Trinajstić information content (AvgIpc) is 2.72. The fourth-order valence-corrected chi connectivity index (χ4v) is 3.38. The third-order valence-electron chi connectivity index (χ3n) is 4.50. The predicted molar refractivity (Wildman–Crippen MR) is 110 cm³/mol. The van der Waals surface area contributed by atoms with E-state index in [1.165, 1.54) is 24.4 Å². The second-order valence-corrected chi connectivity index (χ2v) is 6.64. The number of nitro groups is 1. The number of nitro benzene ring substituents is 1.